The lowest BCUT2D eigenvalue weighted by Crippen LogP contribution is -2.51. The summed E-state index contributed by atoms with van der Waals surface area (Å²) in [7, 11) is 1.75. The van der Waals surface area contributed by atoms with Gasteiger partial charge in [-0.05, 0) is 55.7 Å². The molecule has 1 aliphatic heterocycles. The fourth-order valence-electron chi connectivity index (χ4n) is 6.18. The molecule has 1 saturated carbocycles. The fraction of sp³-hybridized carbons (Fsp3) is 0.607. The molecule has 206 valence electrons. The van der Waals surface area contributed by atoms with E-state index in [0.29, 0.717) is 56.9 Å². The molecule has 38 heavy (non-hydrogen) atoms. The molecule has 0 radical (unpaired) electrons. The number of carbonyl (C=O) groups excluding carboxylic acids is 1. The van der Waals surface area contributed by atoms with Crippen LogP contribution >= 0.6 is 11.6 Å². The van der Waals surface area contributed by atoms with Gasteiger partial charge in [0, 0.05) is 51.4 Å². The van der Waals surface area contributed by atoms with Crippen LogP contribution in [-0.2, 0) is 9.53 Å². The second kappa shape index (κ2) is 11.8. The SMILES string of the molecule is COC1CCC(NC[C@H](C(=O)N2CCN(c3ncnc4c3[C@H](C)C[C@H]4O)CC2)c2ccc(Cl)c(F)c2)CC1. The van der Waals surface area contributed by atoms with Crippen molar-refractivity contribution >= 4 is 23.3 Å². The zero-order valence-corrected chi connectivity index (χ0v) is 22.8. The zero-order chi connectivity index (χ0) is 26.8. The van der Waals surface area contributed by atoms with Crippen LogP contribution in [0.2, 0.25) is 5.02 Å². The average Bonchev–Trinajstić information content (AvgIpc) is 3.24. The first-order chi connectivity index (χ1) is 18.4. The molecule has 8 nitrogen and oxygen atoms in total. The summed E-state index contributed by atoms with van der Waals surface area (Å²) in [4.78, 5) is 26.7. The van der Waals surface area contributed by atoms with E-state index >= 15 is 0 Å². The quantitative estimate of drug-likeness (QED) is 0.547. The highest BCUT2D eigenvalue weighted by Crippen LogP contribution is 2.42. The van der Waals surface area contributed by atoms with Crippen LogP contribution in [0.3, 0.4) is 0 Å². The number of halogens is 2. The molecule has 5 rings (SSSR count). The van der Waals surface area contributed by atoms with Crippen molar-refractivity contribution in [3.8, 4) is 0 Å². The third-order valence-electron chi connectivity index (χ3n) is 8.43. The Morgan fingerprint density at radius 3 is 2.63 bits per heavy atom. The van der Waals surface area contributed by atoms with E-state index in [1.54, 1.807) is 13.2 Å². The summed E-state index contributed by atoms with van der Waals surface area (Å²) < 4.78 is 19.9. The minimum atomic E-state index is -0.554. The van der Waals surface area contributed by atoms with Gasteiger partial charge >= 0.3 is 0 Å². The van der Waals surface area contributed by atoms with Gasteiger partial charge in [0.05, 0.1) is 28.8 Å². The van der Waals surface area contributed by atoms with Crippen LogP contribution in [0, 0.1) is 5.82 Å². The Labute approximate surface area is 228 Å². The van der Waals surface area contributed by atoms with Crippen LogP contribution < -0.4 is 10.2 Å². The molecule has 3 aliphatic rings. The standard InChI is InChI=1S/C28H37ClFN5O3/c1-17-13-24(36)26-25(17)27(33-16-32-26)34-9-11-35(12-10-34)28(37)21(18-3-8-22(29)23(30)14-18)15-31-19-4-6-20(38-2)7-5-19/h3,8,14,16-17,19-21,24,31,36H,4-7,9-13,15H2,1-2H3/t17-,19?,20?,21+,24-/m1/s1. The van der Waals surface area contributed by atoms with E-state index in [9.17, 15) is 14.3 Å². The molecule has 10 heteroatoms. The van der Waals surface area contributed by atoms with Gasteiger partial charge in [-0.1, -0.05) is 24.6 Å². The van der Waals surface area contributed by atoms with Gasteiger partial charge in [0.1, 0.15) is 18.0 Å². The van der Waals surface area contributed by atoms with Crippen molar-refractivity contribution in [2.24, 2.45) is 0 Å². The van der Waals surface area contributed by atoms with Crippen molar-refractivity contribution in [2.75, 3.05) is 44.7 Å². The number of hydrogen-bond donors (Lipinski definition) is 2. The molecule has 0 bridgehead atoms. The first kappa shape index (κ1) is 27.2. The maximum Gasteiger partial charge on any atom is 0.231 e. The Balaban J connectivity index is 1.27. The number of aliphatic hydroxyl groups is 1. The number of fused-ring (bicyclic) bond motifs is 1. The van der Waals surface area contributed by atoms with Gasteiger partial charge in [-0.2, -0.15) is 0 Å². The molecule has 1 amide bonds. The van der Waals surface area contributed by atoms with Gasteiger partial charge in [-0.3, -0.25) is 4.79 Å². The minimum Gasteiger partial charge on any atom is -0.387 e. The number of aromatic nitrogens is 2. The van der Waals surface area contributed by atoms with Crippen LogP contribution in [-0.4, -0.2) is 77.9 Å². The van der Waals surface area contributed by atoms with Gasteiger partial charge in [0.2, 0.25) is 5.91 Å². The molecule has 0 spiro atoms. The Morgan fingerprint density at radius 1 is 1.21 bits per heavy atom. The predicted octanol–water partition coefficient (Wildman–Crippen LogP) is 3.79. The normalized spacial score (nSPS) is 26.3. The highest BCUT2D eigenvalue weighted by molar-refractivity contribution is 6.30. The van der Waals surface area contributed by atoms with Crippen molar-refractivity contribution in [1.82, 2.24) is 20.2 Å². The van der Waals surface area contributed by atoms with E-state index in [1.807, 2.05) is 4.90 Å². The molecule has 1 saturated heterocycles. The average molecular weight is 546 g/mol. The summed E-state index contributed by atoms with van der Waals surface area (Å²) >= 11 is 5.94. The number of aliphatic hydroxyl groups excluding tert-OH is 1. The fourth-order valence-corrected chi connectivity index (χ4v) is 6.29. The monoisotopic (exact) mass is 545 g/mol. The smallest absolute Gasteiger partial charge is 0.231 e. The molecule has 3 atom stereocenters. The van der Waals surface area contributed by atoms with Gasteiger partial charge in [0.15, 0.2) is 0 Å². The van der Waals surface area contributed by atoms with Crippen LogP contribution in [0.4, 0.5) is 10.2 Å². The number of nitrogens with one attached hydrogen (secondary N) is 1. The first-order valence-electron chi connectivity index (χ1n) is 13.6. The summed E-state index contributed by atoms with van der Waals surface area (Å²) in [5, 5.41) is 14.0. The van der Waals surface area contributed by atoms with E-state index < -0.39 is 17.8 Å². The maximum atomic E-state index is 14.4. The topological polar surface area (TPSA) is 90.8 Å². The second-order valence-electron chi connectivity index (χ2n) is 10.8. The van der Waals surface area contributed by atoms with Gasteiger partial charge in [-0.25, -0.2) is 14.4 Å². The summed E-state index contributed by atoms with van der Waals surface area (Å²) in [6.07, 6.45) is 5.88. The number of hydrogen-bond acceptors (Lipinski definition) is 7. The Bertz CT molecular complexity index is 1140. The van der Waals surface area contributed by atoms with Crippen molar-refractivity contribution in [1.29, 1.82) is 0 Å². The lowest BCUT2D eigenvalue weighted by atomic mass is 9.91. The van der Waals surface area contributed by atoms with Crippen LogP contribution in [0.1, 0.15) is 73.8 Å². The van der Waals surface area contributed by atoms with E-state index in [2.05, 4.69) is 27.1 Å². The summed E-state index contributed by atoms with van der Waals surface area (Å²) in [5.41, 5.74) is 2.37. The van der Waals surface area contributed by atoms with Gasteiger partial charge < -0.3 is 25.0 Å². The number of anilines is 1. The van der Waals surface area contributed by atoms with Crippen molar-refractivity contribution in [3.63, 3.8) is 0 Å². The molecule has 2 fully saturated rings. The van der Waals surface area contributed by atoms with E-state index in [-0.39, 0.29) is 16.8 Å². The number of piperazine rings is 1. The molecule has 2 aromatic rings. The van der Waals surface area contributed by atoms with Crippen LogP contribution in [0.5, 0.6) is 0 Å². The number of ether oxygens (including phenoxy) is 1. The number of carbonyl (C=O) groups is 1. The highest BCUT2D eigenvalue weighted by Gasteiger charge is 2.35. The predicted molar refractivity (Wildman–Crippen MR) is 144 cm³/mol. The number of amides is 1. The lowest BCUT2D eigenvalue weighted by Gasteiger charge is -2.38. The van der Waals surface area contributed by atoms with Crippen molar-refractivity contribution < 1.29 is 19.0 Å². The summed E-state index contributed by atoms with van der Waals surface area (Å²) in [6, 6.07) is 4.98. The molecular formula is C28H37ClFN5O3. The number of rotatable bonds is 7. The highest BCUT2D eigenvalue weighted by atomic mass is 35.5. The van der Waals surface area contributed by atoms with Crippen LogP contribution in [0.25, 0.3) is 0 Å². The minimum absolute atomic E-state index is 0.0128. The van der Waals surface area contributed by atoms with E-state index in [4.69, 9.17) is 16.3 Å². The maximum absolute atomic E-state index is 14.4. The molecule has 2 aliphatic carbocycles. The van der Waals surface area contributed by atoms with Crippen molar-refractivity contribution in [2.45, 2.75) is 69.1 Å². The molecule has 1 aromatic carbocycles. The third kappa shape index (κ3) is 5.66. The summed E-state index contributed by atoms with van der Waals surface area (Å²) in [6.45, 7) is 4.88. The number of methoxy groups -OCH3 is 1. The van der Waals surface area contributed by atoms with Gasteiger partial charge in [0.25, 0.3) is 0 Å². The Kier molecular flexibility index (Phi) is 8.47. The Hall–Kier alpha value is -2.33. The largest absolute Gasteiger partial charge is 0.387 e. The first-order valence-corrected chi connectivity index (χ1v) is 14.0. The number of benzene rings is 1. The molecular weight excluding hydrogens is 509 g/mol. The molecule has 0 unspecified atom stereocenters. The van der Waals surface area contributed by atoms with Crippen LogP contribution in [0.15, 0.2) is 24.5 Å². The third-order valence-corrected chi connectivity index (χ3v) is 8.74. The zero-order valence-electron chi connectivity index (χ0n) is 22.1. The summed E-state index contributed by atoms with van der Waals surface area (Å²) in [5.74, 6) is 0.00951. The van der Waals surface area contributed by atoms with Gasteiger partial charge in [-0.15, -0.1) is 0 Å². The number of nitrogens with zero attached hydrogens (tertiary/aromatic N) is 4. The Morgan fingerprint density at radius 2 is 1.95 bits per heavy atom. The van der Waals surface area contributed by atoms with E-state index in [1.165, 1.54) is 18.5 Å². The van der Waals surface area contributed by atoms with Crippen molar-refractivity contribution in [3.05, 3.63) is 52.2 Å². The molecule has 2 heterocycles. The second-order valence-corrected chi connectivity index (χ2v) is 11.2. The molecule has 2 N–H and O–H groups in total. The lowest BCUT2D eigenvalue weighted by molar-refractivity contribution is -0.133. The van der Waals surface area contributed by atoms with E-state index in [0.717, 1.165) is 42.8 Å². The molecule has 1 aromatic heterocycles.